The number of benzene rings is 1. The van der Waals surface area contributed by atoms with Gasteiger partial charge in [0.1, 0.15) is 13.1 Å². The van der Waals surface area contributed by atoms with E-state index < -0.39 is 0 Å². The fourth-order valence-corrected chi connectivity index (χ4v) is 4.29. The Kier molecular flexibility index (Phi) is 7.02. The van der Waals surface area contributed by atoms with Crippen LogP contribution in [0.25, 0.3) is 0 Å². The fourth-order valence-electron chi connectivity index (χ4n) is 4.29. The van der Waals surface area contributed by atoms with Crippen LogP contribution in [0.5, 0.6) is 0 Å². The normalized spacial score (nSPS) is 16.5. The Labute approximate surface area is 184 Å². The van der Waals surface area contributed by atoms with Crippen molar-refractivity contribution in [3.05, 3.63) is 48.7 Å². The van der Waals surface area contributed by atoms with Crippen LogP contribution in [0.3, 0.4) is 0 Å². The number of nitrogens with zero attached hydrogens (tertiary/aromatic N) is 3. The highest BCUT2D eigenvalue weighted by Gasteiger charge is 2.25. The molecule has 0 bridgehead atoms. The van der Waals surface area contributed by atoms with Gasteiger partial charge in [0.2, 0.25) is 11.8 Å². The van der Waals surface area contributed by atoms with Gasteiger partial charge in [0.15, 0.2) is 0 Å². The molecule has 164 valence electrons. The van der Waals surface area contributed by atoms with Crippen LogP contribution in [-0.4, -0.2) is 56.0 Å². The predicted molar refractivity (Wildman–Crippen MR) is 122 cm³/mol. The summed E-state index contributed by atoms with van der Waals surface area (Å²) in [6.07, 6.45) is 5.76. The number of hydrogen-bond donors (Lipinski definition) is 1. The Morgan fingerprint density at radius 3 is 2.26 bits per heavy atom. The van der Waals surface area contributed by atoms with Gasteiger partial charge < -0.3 is 15.1 Å². The van der Waals surface area contributed by atoms with Crippen LogP contribution in [0.15, 0.2) is 48.7 Å². The number of aromatic amines is 1. The number of amides is 2. The first kappa shape index (κ1) is 21.2. The molecule has 0 atom stereocenters. The molecule has 3 heterocycles. The Bertz CT molecular complexity index is 857. The van der Waals surface area contributed by atoms with Gasteiger partial charge in [-0.3, -0.25) is 14.5 Å². The second-order valence-corrected chi connectivity index (χ2v) is 8.26. The van der Waals surface area contributed by atoms with Crippen molar-refractivity contribution in [2.45, 2.75) is 32.1 Å². The van der Waals surface area contributed by atoms with E-state index in [0.717, 1.165) is 50.8 Å². The maximum absolute atomic E-state index is 12.5. The first-order valence-corrected chi connectivity index (χ1v) is 11.3. The van der Waals surface area contributed by atoms with E-state index in [9.17, 15) is 9.59 Å². The molecule has 0 spiro atoms. The maximum Gasteiger partial charge on any atom is 0.274 e. The number of rotatable bonds is 7. The van der Waals surface area contributed by atoms with Crippen molar-refractivity contribution in [1.82, 2.24) is 4.90 Å². The summed E-state index contributed by atoms with van der Waals surface area (Å²) < 4.78 is 0. The van der Waals surface area contributed by atoms with Gasteiger partial charge in [0.25, 0.3) is 5.82 Å². The number of carbonyl (C=O) groups excluding carboxylic acids is 2. The highest BCUT2D eigenvalue weighted by molar-refractivity contribution is 5.91. The van der Waals surface area contributed by atoms with Crippen molar-refractivity contribution in [1.29, 1.82) is 0 Å². The third-order valence-electron chi connectivity index (χ3n) is 6.08. The summed E-state index contributed by atoms with van der Waals surface area (Å²) in [4.78, 5) is 34.5. The molecule has 2 saturated heterocycles. The molecule has 7 nitrogen and oxygen atoms in total. The molecule has 7 heteroatoms. The smallest absolute Gasteiger partial charge is 0.274 e. The molecular formula is C24H32N5O2+. The van der Waals surface area contributed by atoms with E-state index in [-0.39, 0.29) is 11.8 Å². The number of H-pyrrole nitrogens is 1. The van der Waals surface area contributed by atoms with Crippen molar-refractivity contribution >= 4 is 29.0 Å². The molecule has 2 aliphatic heterocycles. The van der Waals surface area contributed by atoms with Crippen molar-refractivity contribution in [3.63, 3.8) is 0 Å². The van der Waals surface area contributed by atoms with Gasteiger partial charge in [-0.2, -0.15) is 0 Å². The summed E-state index contributed by atoms with van der Waals surface area (Å²) in [5, 5.41) is 2.94. The minimum atomic E-state index is -0.0360. The molecule has 0 aliphatic carbocycles. The van der Waals surface area contributed by atoms with E-state index in [0.29, 0.717) is 19.3 Å². The molecule has 0 unspecified atom stereocenters. The van der Waals surface area contributed by atoms with E-state index >= 15 is 0 Å². The third-order valence-corrected chi connectivity index (χ3v) is 6.08. The molecule has 31 heavy (non-hydrogen) atoms. The molecule has 2 aliphatic rings. The number of nitrogens with one attached hydrogen (secondary N) is 2. The molecule has 0 saturated carbocycles. The number of piperazine rings is 1. The zero-order valence-electron chi connectivity index (χ0n) is 18.1. The number of carbonyl (C=O) groups is 2. The third kappa shape index (κ3) is 5.75. The van der Waals surface area contributed by atoms with Crippen LogP contribution in [0.2, 0.25) is 0 Å². The molecule has 2 aromatic rings. The van der Waals surface area contributed by atoms with Crippen LogP contribution in [0.1, 0.15) is 32.1 Å². The van der Waals surface area contributed by atoms with Gasteiger partial charge in [-0.25, -0.2) is 4.98 Å². The summed E-state index contributed by atoms with van der Waals surface area (Å²) in [6.45, 7) is 5.30. The van der Waals surface area contributed by atoms with Gasteiger partial charge >= 0.3 is 0 Å². The van der Waals surface area contributed by atoms with Crippen LogP contribution in [-0.2, 0) is 9.59 Å². The number of hydrogen-bond acceptors (Lipinski definition) is 4. The quantitative estimate of drug-likeness (QED) is 0.745. The van der Waals surface area contributed by atoms with Crippen molar-refractivity contribution in [3.8, 4) is 0 Å². The van der Waals surface area contributed by atoms with E-state index in [2.05, 4.69) is 38.3 Å². The average molecular weight is 423 g/mol. The zero-order chi connectivity index (χ0) is 21.5. The van der Waals surface area contributed by atoms with Gasteiger partial charge in [-0.1, -0.05) is 6.07 Å². The molecule has 4 rings (SSSR count). The lowest BCUT2D eigenvalue weighted by molar-refractivity contribution is -0.364. The second-order valence-electron chi connectivity index (χ2n) is 8.26. The Morgan fingerprint density at radius 1 is 0.839 bits per heavy atom. The molecule has 2 fully saturated rings. The molecule has 2 amide bonds. The van der Waals surface area contributed by atoms with Gasteiger partial charge in [0, 0.05) is 43.4 Å². The molecular weight excluding hydrogens is 390 g/mol. The van der Waals surface area contributed by atoms with E-state index in [1.54, 1.807) is 0 Å². The monoisotopic (exact) mass is 422 g/mol. The van der Waals surface area contributed by atoms with Gasteiger partial charge in [-0.05, 0) is 49.6 Å². The topological polar surface area (TPSA) is 70.0 Å². The number of anilines is 3. The summed E-state index contributed by atoms with van der Waals surface area (Å²) in [6, 6.07) is 14.1. The Balaban J connectivity index is 1.15. The Hall–Kier alpha value is -3.09. The van der Waals surface area contributed by atoms with Crippen molar-refractivity contribution < 1.29 is 14.6 Å². The first-order valence-electron chi connectivity index (χ1n) is 11.3. The fraction of sp³-hybridized carbons (Fsp3) is 0.458. The highest BCUT2D eigenvalue weighted by atomic mass is 16.2. The predicted octanol–water partition coefficient (Wildman–Crippen LogP) is 2.56. The van der Waals surface area contributed by atoms with Gasteiger partial charge in [0.05, 0.1) is 19.3 Å². The molecule has 2 N–H and O–H groups in total. The number of aromatic nitrogens is 1. The number of pyridine rings is 1. The summed E-state index contributed by atoms with van der Waals surface area (Å²) >= 11 is 0. The average Bonchev–Trinajstić information content (AvgIpc) is 3.35. The zero-order valence-corrected chi connectivity index (χ0v) is 18.1. The second kappa shape index (κ2) is 10.3. The van der Waals surface area contributed by atoms with Crippen LogP contribution in [0, 0.1) is 0 Å². The molecule has 1 aromatic carbocycles. The van der Waals surface area contributed by atoms with E-state index in [1.165, 1.54) is 18.5 Å². The van der Waals surface area contributed by atoms with Crippen LogP contribution in [0.4, 0.5) is 17.2 Å². The lowest BCUT2D eigenvalue weighted by atomic mass is 10.2. The SMILES string of the molecule is O=C(CCCC(=O)N1CCN(c2cccc[nH+]2)CC1)Nc1ccc(N2CCCC2)cc1. The van der Waals surface area contributed by atoms with E-state index in [4.69, 9.17) is 0 Å². The maximum atomic E-state index is 12.5. The van der Waals surface area contributed by atoms with Crippen LogP contribution >= 0.6 is 0 Å². The first-order chi connectivity index (χ1) is 15.2. The largest absolute Gasteiger partial charge is 0.372 e. The summed E-state index contributed by atoms with van der Waals surface area (Å²) in [7, 11) is 0. The van der Waals surface area contributed by atoms with E-state index in [1.807, 2.05) is 35.4 Å². The van der Waals surface area contributed by atoms with Gasteiger partial charge in [-0.15, -0.1) is 0 Å². The standard InChI is InChI=1S/C24H31N5O2/c30-23(26-20-9-11-21(12-10-20)27-14-3-4-15-27)7-5-8-24(31)29-18-16-28(17-19-29)22-6-1-2-13-25-22/h1-2,6,9-13H,3-5,7-8,14-19H2,(H,26,30)/p+1. The molecule has 1 aromatic heterocycles. The summed E-state index contributed by atoms with van der Waals surface area (Å²) in [5.74, 6) is 1.19. The van der Waals surface area contributed by atoms with Crippen LogP contribution < -0.4 is 20.1 Å². The Morgan fingerprint density at radius 2 is 1.58 bits per heavy atom. The minimum absolute atomic E-state index is 0.0360. The van der Waals surface area contributed by atoms with Crippen molar-refractivity contribution in [2.24, 2.45) is 0 Å². The lowest BCUT2D eigenvalue weighted by Gasteiger charge is -2.31. The van der Waals surface area contributed by atoms with Crippen molar-refractivity contribution in [2.75, 3.05) is 54.4 Å². The highest BCUT2D eigenvalue weighted by Crippen LogP contribution is 2.22. The minimum Gasteiger partial charge on any atom is -0.372 e. The lowest BCUT2D eigenvalue weighted by Crippen LogP contribution is -2.50. The summed E-state index contributed by atoms with van der Waals surface area (Å²) in [5.41, 5.74) is 2.03. The molecule has 0 radical (unpaired) electrons.